The summed E-state index contributed by atoms with van der Waals surface area (Å²) in [6.45, 7) is 6.25. The first kappa shape index (κ1) is 8.83. The molecule has 0 saturated carbocycles. The molecule has 0 unspecified atom stereocenters. The molecular weight excluding hydrogens is 151 g/mol. The Hall–Kier alpha value is 0.390. The molecule has 0 fully saturated rings. The van der Waals surface area contributed by atoms with Gasteiger partial charge in [0.05, 0.1) is 0 Å². The van der Waals surface area contributed by atoms with Gasteiger partial charge in [0.1, 0.15) is 0 Å². The van der Waals surface area contributed by atoms with Crippen molar-refractivity contribution in [1.29, 1.82) is 0 Å². The molecule has 0 aromatic heterocycles. The Bertz CT molecular complexity index is 24.3. The zero-order valence-electron chi connectivity index (χ0n) is 1.91. The van der Waals surface area contributed by atoms with Crippen molar-refractivity contribution in [2.45, 2.75) is 0 Å². The minimum absolute atomic E-state index is 0. The van der Waals surface area contributed by atoms with Gasteiger partial charge in [-0.15, -0.1) is 5.73 Å². The monoisotopic (exact) mass is 158 g/mol. The van der Waals surface area contributed by atoms with Crippen molar-refractivity contribution >= 4 is 25.8 Å². The van der Waals surface area contributed by atoms with E-state index in [1.807, 2.05) is 0 Å². The molecule has 0 spiro atoms. The molecule has 0 nitrogen and oxygen atoms in total. The first-order chi connectivity index (χ1) is 1.41. The molecule has 0 aliphatic carbocycles. The average Bonchev–Trinajstić information content (AvgIpc) is 0.918. The van der Waals surface area contributed by atoms with Gasteiger partial charge in [0.15, 0.2) is 0 Å². The molecule has 4 heavy (non-hydrogen) atoms. The summed E-state index contributed by atoms with van der Waals surface area (Å²) < 4.78 is 0. The van der Waals surface area contributed by atoms with E-state index in [0.717, 1.165) is 0 Å². The van der Waals surface area contributed by atoms with Crippen molar-refractivity contribution in [3.05, 3.63) is 18.9 Å². The molecule has 0 bridgehead atoms. The fourth-order valence-electron chi connectivity index (χ4n) is 0. The van der Waals surface area contributed by atoms with Crippen LogP contribution in [0.2, 0.25) is 0 Å². The van der Waals surface area contributed by atoms with Crippen molar-refractivity contribution < 1.29 is 0 Å². The second kappa shape index (κ2) is 10.0. The van der Waals surface area contributed by atoms with Gasteiger partial charge in [-0.2, -0.15) is 0 Å². The molecule has 0 rings (SSSR count). The van der Waals surface area contributed by atoms with Crippen molar-refractivity contribution in [1.82, 2.24) is 0 Å². The van der Waals surface area contributed by atoms with Crippen LogP contribution < -0.4 is 0 Å². The van der Waals surface area contributed by atoms with E-state index < -0.39 is 0 Å². The zero-order chi connectivity index (χ0) is 2.71. The topological polar surface area (TPSA) is 0 Å². The summed E-state index contributed by atoms with van der Waals surface area (Å²) >= 11 is 0. The van der Waals surface area contributed by atoms with Crippen LogP contribution in [0, 0.1) is 0 Å². The maximum atomic E-state index is 3.12. The van der Waals surface area contributed by atoms with E-state index in [1.165, 1.54) is 0 Å². The minimum atomic E-state index is 0. The fourth-order valence-corrected chi connectivity index (χ4v) is 0. The maximum absolute atomic E-state index is 3.12. The average molecular weight is 158 g/mol. The van der Waals surface area contributed by atoms with Crippen molar-refractivity contribution in [2.75, 3.05) is 0 Å². The van der Waals surface area contributed by atoms with E-state index in [9.17, 15) is 0 Å². The molecule has 0 aliphatic rings. The van der Waals surface area contributed by atoms with Crippen LogP contribution in [0.4, 0.5) is 0 Å². The molecule has 0 aliphatic heterocycles. The molecule has 0 heterocycles. The van der Waals surface area contributed by atoms with Crippen LogP contribution in [-0.2, 0) is 0 Å². The SMILES string of the molecule is C=C=C.[InH3]. The summed E-state index contributed by atoms with van der Waals surface area (Å²) in [5, 5.41) is 0. The van der Waals surface area contributed by atoms with Gasteiger partial charge in [-0.1, -0.05) is 13.2 Å². The fraction of sp³-hybridized carbons (Fsp3) is 0. The van der Waals surface area contributed by atoms with Crippen molar-refractivity contribution in [2.24, 2.45) is 0 Å². The Balaban J connectivity index is 0. The molecule has 22 valence electrons. The number of hydrogen-bond acceptors (Lipinski definition) is 0. The van der Waals surface area contributed by atoms with Gasteiger partial charge >= 0.3 is 25.8 Å². The van der Waals surface area contributed by atoms with Gasteiger partial charge in [-0.3, -0.25) is 0 Å². The molecule has 0 saturated heterocycles. The third kappa shape index (κ3) is 30.3. The third-order valence-corrected chi connectivity index (χ3v) is 0. The Morgan fingerprint density at radius 1 is 1.25 bits per heavy atom. The summed E-state index contributed by atoms with van der Waals surface area (Å²) in [6.07, 6.45) is 0. The quantitative estimate of drug-likeness (QED) is 0.427. The summed E-state index contributed by atoms with van der Waals surface area (Å²) in [5.74, 6) is 0. The molecule has 0 N–H and O–H groups in total. The Morgan fingerprint density at radius 2 is 1.25 bits per heavy atom. The summed E-state index contributed by atoms with van der Waals surface area (Å²) in [6, 6.07) is 0. The van der Waals surface area contributed by atoms with Crippen LogP contribution in [0.3, 0.4) is 0 Å². The molecule has 0 aromatic rings. The van der Waals surface area contributed by atoms with E-state index >= 15 is 0 Å². The predicted octanol–water partition coefficient (Wildman–Crippen LogP) is -0.227. The zero-order valence-corrected chi connectivity index (χ0v) is 1.91. The van der Waals surface area contributed by atoms with E-state index in [1.54, 1.807) is 0 Å². The van der Waals surface area contributed by atoms with Crippen LogP contribution in [0.1, 0.15) is 0 Å². The molecule has 0 atom stereocenters. The van der Waals surface area contributed by atoms with Gasteiger partial charge in [-0.25, -0.2) is 0 Å². The standard InChI is InChI=1S/C3H4.In.3H/c1-3-2;;;;/h1-2H2;;;;. The van der Waals surface area contributed by atoms with Gasteiger partial charge in [-0.05, 0) is 0 Å². The van der Waals surface area contributed by atoms with Crippen LogP contribution in [0.5, 0.6) is 0 Å². The van der Waals surface area contributed by atoms with Gasteiger partial charge in [0, 0.05) is 0 Å². The van der Waals surface area contributed by atoms with Gasteiger partial charge in [0.25, 0.3) is 0 Å². The Labute approximate surface area is 45.0 Å². The molecule has 0 amide bonds. The normalized spacial score (nSPS) is 2.00. The van der Waals surface area contributed by atoms with Crippen molar-refractivity contribution in [3.8, 4) is 0 Å². The van der Waals surface area contributed by atoms with E-state index in [2.05, 4.69) is 18.9 Å². The Kier molecular flexibility index (Phi) is 22.1. The second-order valence-electron chi connectivity index (χ2n) is 0.250. The van der Waals surface area contributed by atoms with E-state index in [-0.39, 0.29) is 25.8 Å². The second-order valence-corrected chi connectivity index (χ2v) is 0.250. The van der Waals surface area contributed by atoms with Gasteiger partial charge in [0.2, 0.25) is 0 Å². The third-order valence-electron chi connectivity index (χ3n) is 0. The van der Waals surface area contributed by atoms with E-state index in [4.69, 9.17) is 0 Å². The van der Waals surface area contributed by atoms with Crippen LogP contribution >= 0.6 is 0 Å². The molecule has 0 radical (unpaired) electrons. The summed E-state index contributed by atoms with van der Waals surface area (Å²) in [5.41, 5.74) is 2.25. The van der Waals surface area contributed by atoms with E-state index in [0.29, 0.717) is 0 Å². The summed E-state index contributed by atoms with van der Waals surface area (Å²) in [7, 11) is 0. The van der Waals surface area contributed by atoms with Crippen molar-refractivity contribution in [3.63, 3.8) is 0 Å². The predicted molar refractivity (Wildman–Crippen MR) is 24.7 cm³/mol. The van der Waals surface area contributed by atoms with Crippen LogP contribution in [-0.4, -0.2) is 25.8 Å². The van der Waals surface area contributed by atoms with Gasteiger partial charge < -0.3 is 0 Å². The first-order valence-corrected chi connectivity index (χ1v) is 0.707. The summed E-state index contributed by atoms with van der Waals surface area (Å²) in [4.78, 5) is 0. The molecular formula is C3H7In. The molecule has 1 heteroatoms. The first-order valence-electron chi connectivity index (χ1n) is 0.707. The number of hydrogen-bond donors (Lipinski definition) is 0. The molecule has 0 aromatic carbocycles. The Morgan fingerprint density at radius 3 is 1.25 bits per heavy atom. The van der Waals surface area contributed by atoms with Crippen LogP contribution in [0.15, 0.2) is 18.9 Å². The number of rotatable bonds is 0. The van der Waals surface area contributed by atoms with Crippen LogP contribution in [0.25, 0.3) is 0 Å².